The lowest BCUT2D eigenvalue weighted by Gasteiger charge is -2.19. The minimum atomic E-state index is 0.704. The molecule has 1 N–H and O–H groups in total. The van der Waals surface area contributed by atoms with E-state index >= 15 is 0 Å². The highest BCUT2D eigenvalue weighted by Crippen LogP contribution is 2.14. The molecule has 74 valence electrons. The van der Waals surface area contributed by atoms with E-state index in [-0.39, 0.29) is 0 Å². The normalized spacial score (nSPS) is 13.8. The fourth-order valence-corrected chi connectivity index (χ4v) is 1.60. The van der Waals surface area contributed by atoms with E-state index in [0.29, 0.717) is 6.04 Å². The van der Waals surface area contributed by atoms with Crippen LogP contribution in [0.25, 0.3) is 0 Å². The highest BCUT2D eigenvalue weighted by Gasteiger charge is 2.08. The van der Waals surface area contributed by atoms with Gasteiger partial charge in [0, 0.05) is 6.04 Å². The Balaban J connectivity index is 3.44. The van der Waals surface area contributed by atoms with Crippen molar-refractivity contribution in [3.8, 4) is 0 Å². The first-order valence-electron chi connectivity index (χ1n) is 5.47. The first-order valence-corrected chi connectivity index (χ1v) is 5.47. The monoisotopic (exact) mass is 171 g/mol. The third kappa shape index (κ3) is 5.59. The van der Waals surface area contributed by atoms with Crippen LogP contribution >= 0.6 is 0 Å². The molecule has 1 nitrogen and oxygen atoms in total. The molecule has 1 heteroatoms. The summed E-state index contributed by atoms with van der Waals surface area (Å²) in [4.78, 5) is 0. The van der Waals surface area contributed by atoms with Crippen LogP contribution in [-0.4, -0.2) is 12.6 Å². The van der Waals surface area contributed by atoms with Crippen LogP contribution in [-0.2, 0) is 0 Å². The van der Waals surface area contributed by atoms with Crippen molar-refractivity contribution in [2.45, 2.75) is 59.4 Å². The summed E-state index contributed by atoms with van der Waals surface area (Å²) < 4.78 is 0. The topological polar surface area (TPSA) is 12.0 Å². The third-order valence-electron chi connectivity index (χ3n) is 2.58. The average molecular weight is 171 g/mol. The van der Waals surface area contributed by atoms with Crippen LogP contribution in [0.5, 0.6) is 0 Å². The van der Waals surface area contributed by atoms with Crippen molar-refractivity contribution in [3.05, 3.63) is 0 Å². The molecule has 0 aliphatic carbocycles. The molecule has 0 saturated carbocycles. The Hall–Kier alpha value is -0.0400. The van der Waals surface area contributed by atoms with E-state index in [9.17, 15) is 0 Å². The van der Waals surface area contributed by atoms with Gasteiger partial charge in [-0.15, -0.1) is 0 Å². The van der Waals surface area contributed by atoms with Gasteiger partial charge in [0.05, 0.1) is 0 Å². The molecule has 12 heavy (non-hydrogen) atoms. The first-order chi connectivity index (χ1) is 5.74. The summed E-state index contributed by atoms with van der Waals surface area (Å²) in [5, 5.41) is 3.53. The number of nitrogens with one attached hydrogen (secondary N) is 1. The molecule has 0 aromatic heterocycles. The minimum absolute atomic E-state index is 0.704. The molecule has 0 aliphatic rings. The van der Waals surface area contributed by atoms with E-state index < -0.39 is 0 Å². The molecule has 0 amide bonds. The number of hydrogen-bond donors (Lipinski definition) is 1. The molecule has 1 unspecified atom stereocenters. The summed E-state index contributed by atoms with van der Waals surface area (Å²) in [5.41, 5.74) is 0. The van der Waals surface area contributed by atoms with Gasteiger partial charge in [-0.05, 0) is 32.2 Å². The van der Waals surface area contributed by atoms with Gasteiger partial charge in [0.25, 0.3) is 0 Å². The molecule has 0 spiro atoms. The molecule has 0 heterocycles. The second-order valence-corrected chi connectivity index (χ2v) is 3.77. The molecule has 0 bridgehead atoms. The molecule has 0 aromatic carbocycles. The second kappa shape index (κ2) is 7.60. The molecule has 0 aliphatic heterocycles. The van der Waals surface area contributed by atoms with Gasteiger partial charge in [-0.3, -0.25) is 0 Å². The molecule has 0 rings (SSSR count). The van der Waals surface area contributed by atoms with E-state index in [1.165, 1.54) is 32.2 Å². The lowest BCUT2D eigenvalue weighted by molar-refractivity contribution is 0.381. The second-order valence-electron chi connectivity index (χ2n) is 3.77. The summed E-state index contributed by atoms with van der Waals surface area (Å²) in [5.74, 6) is 0.921. The standard InChI is InChI=1S/C11H25N/c1-5-8-12-10(4)9-11(6-2)7-3/h10-12H,5-9H2,1-4H3. The van der Waals surface area contributed by atoms with Crippen molar-refractivity contribution < 1.29 is 0 Å². The maximum Gasteiger partial charge on any atom is 0.00413 e. The Morgan fingerprint density at radius 2 is 1.67 bits per heavy atom. The molecular formula is C11H25N. The summed E-state index contributed by atoms with van der Waals surface area (Å²) in [6, 6.07) is 0.704. The smallest absolute Gasteiger partial charge is 0.00413 e. The van der Waals surface area contributed by atoms with Crippen LogP contribution in [0.1, 0.15) is 53.4 Å². The van der Waals surface area contributed by atoms with Crippen LogP contribution in [0.3, 0.4) is 0 Å². The van der Waals surface area contributed by atoms with Gasteiger partial charge in [0.1, 0.15) is 0 Å². The first kappa shape index (κ1) is 12.0. The van der Waals surface area contributed by atoms with Gasteiger partial charge in [-0.1, -0.05) is 33.6 Å². The zero-order valence-electron chi connectivity index (χ0n) is 9.19. The minimum Gasteiger partial charge on any atom is -0.314 e. The SMILES string of the molecule is CCCNC(C)CC(CC)CC. The summed E-state index contributed by atoms with van der Waals surface area (Å²) in [6.07, 6.45) is 5.24. The molecule has 0 aromatic rings. The van der Waals surface area contributed by atoms with Crippen molar-refractivity contribution >= 4 is 0 Å². The average Bonchev–Trinajstić information content (AvgIpc) is 2.10. The van der Waals surface area contributed by atoms with Crippen LogP contribution in [0.4, 0.5) is 0 Å². The van der Waals surface area contributed by atoms with Crippen molar-refractivity contribution in [2.24, 2.45) is 5.92 Å². The maximum absolute atomic E-state index is 3.53. The summed E-state index contributed by atoms with van der Waals surface area (Å²) in [7, 11) is 0. The van der Waals surface area contributed by atoms with E-state index in [1.807, 2.05) is 0 Å². The van der Waals surface area contributed by atoms with E-state index in [2.05, 4.69) is 33.0 Å². The van der Waals surface area contributed by atoms with E-state index in [1.54, 1.807) is 0 Å². The predicted molar refractivity (Wildman–Crippen MR) is 56.4 cm³/mol. The van der Waals surface area contributed by atoms with Crippen LogP contribution < -0.4 is 5.32 Å². The highest BCUT2D eigenvalue weighted by molar-refractivity contribution is 4.65. The van der Waals surface area contributed by atoms with Crippen LogP contribution in [0.2, 0.25) is 0 Å². The maximum atomic E-state index is 3.53. The molecule has 0 fully saturated rings. The summed E-state index contributed by atoms with van der Waals surface area (Å²) >= 11 is 0. The zero-order chi connectivity index (χ0) is 9.40. The molecule has 0 radical (unpaired) electrons. The van der Waals surface area contributed by atoms with Crippen molar-refractivity contribution in [1.29, 1.82) is 0 Å². The van der Waals surface area contributed by atoms with Crippen LogP contribution in [0.15, 0.2) is 0 Å². The van der Waals surface area contributed by atoms with Gasteiger partial charge in [0.15, 0.2) is 0 Å². The third-order valence-corrected chi connectivity index (χ3v) is 2.58. The van der Waals surface area contributed by atoms with Gasteiger partial charge < -0.3 is 5.32 Å². The molecule has 0 saturated heterocycles. The fourth-order valence-electron chi connectivity index (χ4n) is 1.60. The molecular weight excluding hydrogens is 146 g/mol. The Kier molecular flexibility index (Phi) is 7.58. The highest BCUT2D eigenvalue weighted by atomic mass is 14.9. The van der Waals surface area contributed by atoms with Crippen molar-refractivity contribution in [1.82, 2.24) is 5.32 Å². The largest absolute Gasteiger partial charge is 0.314 e. The van der Waals surface area contributed by atoms with E-state index in [0.717, 1.165) is 5.92 Å². The summed E-state index contributed by atoms with van der Waals surface area (Å²) in [6.45, 7) is 10.3. The van der Waals surface area contributed by atoms with Crippen molar-refractivity contribution in [2.75, 3.05) is 6.54 Å². The Labute approximate surface area is 77.9 Å². The number of rotatable bonds is 7. The lowest BCUT2D eigenvalue weighted by Crippen LogP contribution is -2.28. The number of hydrogen-bond acceptors (Lipinski definition) is 1. The van der Waals surface area contributed by atoms with Gasteiger partial charge in [-0.2, -0.15) is 0 Å². The Morgan fingerprint density at radius 1 is 1.08 bits per heavy atom. The van der Waals surface area contributed by atoms with Crippen LogP contribution in [0, 0.1) is 5.92 Å². The Bertz CT molecular complexity index is 87.0. The van der Waals surface area contributed by atoms with Gasteiger partial charge in [0.2, 0.25) is 0 Å². The zero-order valence-corrected chi connectivity index (χ0v) is 9.19. The molecule has 1 atom stereocenters. The van der Waals surface area contributed by atoms with E-state index in [4.69, 9.17) is 0 Å². The van der Waals surface area contributed by atoms with Gasteiger partial charge in [-0.25, -0.2) is 0 Å². The Morgan fingerprint density at radius 3 is 2.08 bits per heavy atom. The predicted octanol–water partition coefficient (Wildman–Crippen LogP) is 3.20. The fraction of sp³-hybridized carbons (Fsp3) is 1.00. The van der Waals surface area contributed by atoms with Gasteiger partial charge >= 0.3 is 0 Å². The lowest BCUT2D eigenvalue weighted by atomic mass is 9.95. The quantitative estimate of drug-likeness (QED) is 0.620. The van der Waals surface area contributed by atoms with Crippen molar-refractivity contribution in [3.63, 3.8) is 0 Å².